The fourth-order valence-electron chi connectivity index (χ4n) is 1.10. The van der Waals surface area contributed by atoms with Crippen molar-refractivity contribution in [2.75, 3.05) is 6.54 Å². The molecule has 82 valence electrons. The molecule has 0 radical (unpaired) electrons. The van der Waals surface area contributed by atoms with E-state index < -0.39 is 0 Å². The van der Waals surface area contributed by atoms with E-state index in [1.54, 1.807) is 12.3 Å². The second-order valence-corrected chi connectivity index (χ2v) is 3.67. The first-order chi connectivity index (χ1) is 7.20. The van der Waals surface area contributed by atoms with Crippen molar-refractivity contribution in [1.29, 1.82) is 0 Å². The number of H-pyrrole nitrogens is 1. The molecule has 1 aromatic heterocycles. The Balaban J connectivity index is 2.10. The van der Waals surface area contributed by atoms with Gasteiger partial charge in [0.15, 0.2) is 0 Å². The largest absolute Gasteiger partial charge is 0.393 e. The van der Waals surface area contributed by atoms with E-state index in [1.807, 2.05) is 0 Å². The maximum Gasteiger partial charge on any atom is 0.269 e. The first-order valence-corrected chi connectivity index (χ1v) is 5.17. The minimum absolute atomic E-state index is 0.136. The van der Waals surface area contributed by atoms with Crippen molar-refractivity contribution in [2.24, 2.45) is 5.73 Å². The lowest BCUT2D eigenvalue weighted by atomic mass is 10.2. The summed E-state index contributed by atoms with van der Waals surface area (Å²) in [6.45, 7) is 0.625. The summed E-state index contributed by atoms with van der Waals surface area (Å²) in [6, 6.07) is 1.63. The van der Waals surface area contributed by atoms with Crippen LogP contribution in [0.25, 0.3) is 0 Å². The fourth-order valence-corrected chi connectivity index (χ4v) is 1.25. The van der Waals surface area contributed by atoms with Crippen LogP contribution in [0.3, 0.4) is 0 Å². The highest BCUT2D eigenvalue weighted by Crippen LogP contribution is 1.95. The molecule has 5 nitrogen and oxygen atoms in total. The van der Waals surface area contributed by atoms with E-state index in [9.17, 15) is 4.79 Å². The lowest BCUT2D eigenvalue weighted by Crippen LogP contribution is -2.25. The number of carbonyl (C=O) groups excluding carboxylic acids is 1. The first kappa shape index (κ1) is 11.6. The van der Waals surface area contributed by atoms with Crippen LogP contribution in [-0.4, -0.2) is 27.6 Å². The molecule has 4 N–H and O–H groups in total. The lowest BCUT2D eigenvalue weighted by molar-refractivity contribution is 0.0948. The number of nitrogens with two attached hydrogens (primary N) is 1. The van der Waals surface area contributed by atoms with Crippen LogP contribution in [0.4, 0.5) is 0 Å². The Hall–Kier alpha value is -1.43. The van der Waals surface area contributed by atoms with Gasteiger partial charge < -0.3 is 11.1 Å². The molecule has 0 aliphatic carbocycles. The third-order valence-corrected chi connectivity index (χ3v) is 2.08. The quantitative estimate of drug-likeness (QED) is 0.490. The van der Waals surface area contributed by atoms with Gasteiger partial charge in [0.05, 0.1) is 4.99 Å². The predicted octanol–water partition coefficient (Wildman–Crippen LogP) is 0.596. The van der Waals surface area contributed by atoms with E-state index in [4.69, 9.17) is 18.0 Å². The first-order valence-electron chi connectivity index (χ1n) is 4.76. The average molecular weight is 226 g/mol. The van der Waals surface area contributed by atoms with Crippen molar-refractivity contribution in [3.8, 4) is 0 Å². The maximum absolute atomic E-state index is 11.4. The van der Waals surface area contributed by atoms with Gasteiger partial charge in [-0.1, -0.05) is 12.2 Å². The maximum atomic E-state index is 11.4. The smallest absolute Gasteiger partial charge is 0.269 e. The summed E-state index contributed by atoms with van der Waals surface area (Å²) in [5.41, 5.74) is 5.82. The standard InChI is InChI=1S/C9H14N4OS/c10-8(15)3-1-2-5-11-9(14)7-4-6-12-13-7/h4,6H,1-3,5H2,(H2,10,15)(H,11,14)(H,12,13). The molecule has 0 bridgehead atoms. The summed E-state index contributed by atoms with van der Waals surface area (Å²) in [7, 11) is 0. The number of aromatic nitrogens is 2. The topological polar surface area (TPSA) is 83.8 Å². The molecule has 0 saturated heterocycles. The van der Waals surface area contributed by atoms with Crippen LogP contribution in [0.15, 0.2) is 12.3 Å². The van der Waals surface area contributed by atoms with Crippen molar-refractivity contribution >= 4 is 23.1 Å². The second kappa shape index (κ2) is 6.13. The third-order valence-electron chi connectivity index (χ3n) is 1.88. The van der Waals surface area contributed by atoms with Crippen LogP contribution in [0.1, 0.15) is 29.8 Å². The Morgan fingerprint density at radius 2 is 2.40 bits per heavy atom. The Kier molecular flexibility index (Phi) is 4.76. The van der Waals surface area contributed by atoms with Crippen LogP contribution in [0.2, 0.25) is 0 Å². The van der Waals surface area contributed by atoms with Gasteiger partial charge in [-0.05, 0) is 25.3 Å². The van der Waals surface area contributed by atoms with Gasteiger partial charge in [0.2, 0.25) is 0 Å². The number of hydrogen-bond donors (Lipinski definition) is 3. The Bertz CT molecular complexity index is 323. The molecule has 0 atom stereocenters. The molecule has 0 aromatic carbocycles. The van der Waals surface area contributed by atoms with Crippen LogP contribution in [0, 0.1) is 0 Å². The number of nitrogens with one attached hydrogen (secondary N) is 2. The van der Waals surface area contributed by atoms with Crippen molar-refractivity contribution < 1.29 is 4.79 Å². The minimum Gasteiger partial charge on any atom is -0.393 e. The van der Waals surface area contributed by atoms with Gasteiger partial charge in [-0.3, -0.25) is 9.89 Å². The fraction of sp³-hybridized carbons (Fsp3) is 0.444. The molecule has 0 aliphatic heterocycles. The molecular weight excluding hydrogens is 212 g/mol. The van der Waals surface area contributed by atoms with E-state index in [0.717, 1.165) is 19.3 Å². The SMILES string of the molecule is NC(=S)CCCCNC(=O)c1ccn[nH]1. The summed E-state index contributed by atoms with van der Waals surface area (Å²) in [6.07, 6.45) is 4.05. The van der Waals surface area contributed by atoms with Gasteiger partial charge in [0.1, 0.15) is 5.69 Å². The van der Waals surface area contributed by atoms with Crippen molar-refractivity contribution in [1.82, 2.24) is 15.5 Å². The van der Waals surface area contributed by atoms with E-state index in [0.29, 0.717) is 17.2 Å². The summed E-state index contributed by atoms with van der Waals surface area (Å²) in [5, 5.41) is 9.05. The Labute approximate surface area is 93.4 Å². The number of unbranched alkanes of at least 4 members (excludes halogenated alkanes) is 1. The van der Waals surface area contributed by atoms with Gasteiger partial charge in [0.25, 0.3) is 5.91 Å². The van der Waals surface area contributed by atoms with Gasteiger partial charge >= 0.3 is 0 Å². The normalized spacial score (nSPS) is 9.87. The van der Waals surface area contributed by atoms with Crippen molar-refractivity contribution in [2.45, 2.75) is 19.3 Å². The van der Waals surface area contributed by atoms with Gasteiger partial charge in [-0.2, -0.15) is 5.10 Å². The molecule has 1 aromatic rings. The van der Waals surface area contributed by atoms with Gasteiger partial charge in [-0.15, -0.1) is 0 Å². The van der Waals surface area contributed by atoms with Crippen LogP contribution in [0.5, 0.6) is 0 Å². The molecule has 0 spiro atoms. The highest BCUT2D eigenvalue weighted by molar-refractivity contribution is 7.80. The number of nitrogens with zero attached hydrogens (tertiary/aromatic N) is 1. The summed E-state index contributed by atoms with van der Waals surface area (Å²) in [5.74, 6) is -0.136. The zero-order valence-corrected chi connectivity index (χ0v) is 9.14. The number of thiocarbonyl (C=S) groups is 1. The van der Waals surface area contributed by atoms with Crippen LogP contribution >= 0.6 is 12.2 Å². The number of aromatic amines is 1. The van der Waals surface area contributed by atoms with Crippen molar-refractivity contribution in [3.05, 3.63) is 18.0 Å². The number of rotatable bonds is 6. The molecule has 6 heteroatoms. The molecule has 1 rings (SSSR count). The monoisotopic (exact) mass is 226 g/mol. The highest BCUT2D eigenvalue weighted by Gasteiger charge is 2.04. The molecule has 0 saturated carbocycles. The molecule has 0 unspecified atom stereocenters. The highest BCUT2D eigenvalue weighted by atomic mass is 32.1. The molecule has 1 heterocycles. The second-order valence-electron chi connectivity index (χ2n) is 3.15. The van der Waals surface area contributed by atoms with Crippen molar-refractivity contribution in [3.63, 3.8) is 0 Å². The van der Waals surface area contributed by atoms with E-state index in [1.165, 1.54) is 0 Å². The average Bonchev–Trinajstić information content (AvgIpc) is 2.69. The van der Waals surface area contributed by atoms with E-state index in [2.05, 4.69) is 15.5 Å². The molecule has 1 amide bonds. The van der Waals surface area contributed by atoms with E-state index >= 15 is 0 Å². The van der Waals surface area contributed by atoms with Crippen LogP contribution < -0.4 is 11.1 Å². The number of amides is 1. The molecule has 0 fully saturated rings. The summed E-state index contributed by atoms with van der Waals surface area (Å²) < 4.78 is 0. The van der Waals surface area contributed by atoms with Gasteiger partial charge in [0, 0.05) is 12.7 Å². The Morgan fingerprint density at radius 1 is 1.60 bits per heavy atom. The van der Waals surface area contributed by atoms with E-state index in [-0.39, 0.29) is 5.91 Å². The van der Waals surface area contributed by atoms with Crippen LogP contribution in [-0.2, 0) is 0 Å². The predicted molar refractivity (Wildman–Crippen MR) is 61.6 cm³/mol. The molecule has 15 heavy (non-hydrogen) atoms. The minimum atomic E-state index is -0.136. The third kappa shape index (κ3) is 4.55. The zero-order valence-electron chi connectivity index (χ0n) is 8.32. The number of hydrogen-bond acceptors (Lipinski definition) is 3. The zero-order chi connectivity index (χ0) is 11.1. The summed E-state index contributed by atoms with van der Waals surface area (Å²) in [4.78, 5) is 11.9. The summed E-state index contributed by atoms with van der Waals surface area (Å²) >= 11 is 4.74. The van der Waals surface area contributed by atoms with Gasteiger partial charge in [-0.25, -0.2) is 0 Å². The molecular formula is C9H14N4OS. The molecule has 0 aliphatic rings. The lowest BCUT2D eigenvalue weighted by Gasteiger charge is -2.02. The Morgan fingerprint density at radius 3 is 3.00 bits per heavy atom. The number of carbonyl (C=O) groups is 1.